The van der Waals surface area contributed by atoms with Crippen LogP contribution in [0.2, 0.25) is 0 Å². The average Bonchev–Trinajstić information content (AvgIpc) is 2.01. The van der Waals surface area contributed by atoms with Gasteiger partial charge < -0.3 is 5.11 Å². The summed E-state index contributed by atoms with van der Waals surface area (Å²) in [6, 6.07) is 6.66. The summed E-state index contributed by atoms with van der Waals surface area (Å²) in [5.41, 5.74) is 4.05. The first-order valence-corrected chi connectivity index (χ1v) is 5.33. The van der Waals surface area contributed by atoms with Gasteiger partial charge in [-0.3, -0.25) is 0 Å². The number of aliphatic hydroxyl groups is 1. The van der Waals surface area contributed by atoms with Gasteiger partial charge in [0, 0.05) is 0 Å². The summed E-state index contributed by atoms with van der Waals surface area (Å²) in [6.07, 6.45) is 2.88. The van der Waals surface area contributed by atoms with E-state index in [0.717, 1.165) is 19.3 Å². The molecule has 0 heterocycles. The van der Waals surface area contributed by atoms with Crippen molar-refractivity contribution in [3.63, 3.8) is 0 Å². The first-order chi connectivity index (χ1) is 6.58. The van der Waals surface area contributed by atoms with Gasteiger partial charge in [-0.2, -0.15) is 0 Å². The maximum Gasteiger partial charge on any atom is 0.0512 e. The van der Waals surface area contributed by atoms with E-state index in [-0.39, 0.29) is 6.10 Å². The van der Waals surface area contributed by atoms with Crippen molar-refractivity contribution in [3.8, 4) is 0 Å². The first-order valence-electron chi connectivity index (χ1n) is 5.33. The normalized spacial score (nSPS) is 12.9. The van der Waals surface area contributed by atoms with E-state index in [0.29, 0.717) is 0 Å². The van der Waals surface area contributed by atoms with Crippen LogP contribution in [0, 0.1) is 13.8 Å². The second kappa shape index (κ2) is 5.16. The van der Waals surface area contributed by atoms with E-state index in [9.17, 15) is 0 Å². The van der Waals surface area contributed by atoms with Gasteiger partial charge in [-0.1, -0.05) is 29.3 Å². The van der Waals surface area contributed by atoms with Gasteiger partial charge in [0.25, 0.3) is 0 Å². The molecule has 0 radical (unpaired) electrons. The summed E-state index contributed by atoms with van der Waals surface area (Å²) in [5, 5.41) is 9.14. The van der Waals surface area contributed by atoms with Crippen LogP contribution in [0.3, 0.4) is 0 Å². The predicted octanol–water partition coefficient (Wildman–Crippen LogP) is 3.01. The van der Waals surface area contributed by atoms with Gasteiger partial charge in [-0.05, 0) is 45.6 Å². The topological polar surface area (TPSA) is 20.2 Å². The fourth-order valence-corrected chi connectivity index (χ4v) is 1.81. The molecule has 1 rings (SSSR count). The molecular formula is C13H20O. The third-order valence-corrected chi connectivity index (χ3v) is 2.37. The lowest BCUT2D eigenvalue weighted by atomic mass is 10.0. The zero-order chi connectivity index (χ0) is 10.6. The van der Waals surface area contributed by atoms with Crippen LogP contribution in [-0.2, 0) is 6.42 Å². The van der Waals surface area contributed by atoms with Crippen LogP contribution in [-0.4, -0.2) is 11.2 Å². The minimum Gasteiger partial charge on any atom is -0.393 e. The van der Waals surface area contributed by atoms with E-state index in [1.807, 2.05) is 6.92 Å². The third kappa shape index (κ3) is 3.93. The fraction of sp³-hybridized carbons (Fsp3) is 0.538. The molecule has 0 aliphatic rings. The minimum atomic E-state index is -0.166. The quantitative estimate of drug-likeness (QED) is 0.777. The summed E-state index contributed by atoms with van der Waals surface area (Å²) in [5.74, 6) is 0. The van der Waals surface area contributed by atoms with E-state index in [1.165, 1.54) is 16.7 Å². The SMILES string of the molecule is Cc1cc(C)cc(CCCC(C)O)c1. The van der Waals surface area contributed by atoms with Crippen LogP contribution in [0.25, 0.3) is 0 Å². The predicted molar refractivity (Wildman–Crippen MR) is 60.5 cm³/mol. The monoisotopic (exact) mass is 192 g/mol. The van der Waals surface area contributed by atoms with Crippen molar-refractivity contribution in [1.82, 2.24) is 0 Å². The molecule has 0 amide bonds. The van der Waals surface area contributed by atoms with E-state index < -0.39 is 0 Å². The van der Waals surface area contributed by atoms with Crippen molar-refractivity contribution in [2.45, 2.75) is 46.1 Å². The Morgan fingerprint density at radius 3 is 2.21 bits per heavy atom. The molecule has 0 aliphatic carbocycles. The highest BCUT2D eigenvalue weighted by Gasteiger charge is 1.98. The minimum absolute atomic E-state index is 0.166. The Hall–Kier alpha value is -0.820. The molecule has 0 spiro atoms. The molecular weight excluding hydrogens is 172 g/mol. The molecule has 0 bridgehead atoms. The van der Waals surface area contributed by atoms with Gasteiger partial charge in [0.15, 0.2) is 0 Å². The van der Waals surface area contributed by atoms with Crippen molar-refractivity contribution in [3.05, 3.63) is 34.9 Å². The van der Waals surface area contributed by atoms with Crippen LogP contribution in [0.5, 0.6) is 0 Å². The van der Waals surface area contributed by atoms with E-state index in [4.69, 9.17) is 5.11 Å². The van der Waals surface area contributed by atoms with Gasteiger partial charge in [0.2, 0.25) is 0 Å². The first kappa shape index (κ1) is 11.3. The van der Waals surface area contributed by atoms with Crippen LogP contribution in [0.4, 0.5) is 0 Å². The summed E-state index contributed by atoms with van der Waals surface area (Å²) < 4.78 is 0. The summed E-state index contributed by atoms with van der Waals surface area (Å²) in [4.78, 5) is 0. The molecule has 0 fully saturated rings. The lowest BCUT2D eigenvalue weighted by molar-refractivity contribution is 0.182. The molecule has 1 aromatic carbocycles. The molecule has 1 nitrogen and oxygen atoms in total. The second-order valence-corrected chi connectivity index (χ2v) is 4.24. The molecule has 78 valence electrons. The highest BCUT2D eigenvalue weighted by atomic mass is 16.3. The van der Waals surface area contributed by atoms with Crippen molar-refractivity contribution >= 4 is 0 Å². The zero-order valence-electron chi connectivity index (χ0n) is 9.38. The van der Waals surface area contributed by atoms with Crippen LogP contribution in [0.15, 0.2) is 18.2 Å². The number of benzene rings is 1. The molecule has 0 saturated heterocycles. The largest absolute Gasteiger partial charge is 0.393 e. The highest BCUT2D eigenvalue weighted by molar-refractivity contribution is 5.28. The van der Waals surface area contributed by atoms with E-state index in [1.54, 1.807) is 0 Å². The summed E-state index contributed by atoms with van der Waals surface area (Å²) in [7, 11) is 0. The molecule has 1 atom stereocenters. The number of rotatable bonds is 4. The Morgan fingerprint density at radius 1 is 1.14 bits per heavy atom. The van der Waals surface area contributed by atoms with Gasteiger partial charge in [0.1, 0.15) is 0 Å². The average molecular weight is 192 g/mol. The smallest absolute Gasteiger partial charge is 0.0512 e. The highest BCUT2D eigenvalue weighted by Crippen LogP contribution is 2.12. The van der Waals surface area contributed by atoms with Crippen LogP contribution in [0.1, 0.15) is 36.5 Å². The number of hydrogen-bond acceptors (Lipinski definition) is 1. The Kier molecular flexibility index (Phi) is 4.15. The molecule has 14 heavy (non-hydrogen) atoms. The fourth-order valence-electron chi connectivity index (χ4n) is 1.81. The van der Waals surface area contributed by atoms with Gasteiger partial charge in [-0.15, -0.1) is 0 Å². The molecule has 1 aromatic rings. The summed E-state index contributed by atoms with van der Waals surface area (Å²) >= 11 is 0. The molecule has 1 unspecified atom stereocenters. The molecule has 1 N–H and O–H groups in total. The van der Waals surface area contributed by atoms with Crippen LogP contribution >= 0.6 is 0 Å². The molecule has 0 aromatic heterocycles. The van der Waals surface area contributed by atoms with Crippen molar-refractivity contribution in [2.24, 2.45) is 0 Å². The van der Waals surface area contributed by atoms with E-state index in [2.05, 4.69) is 32.0 Å². The standard InChI is InChI=1S/C13H20O/c1-10-7-11(2)9-13(8-10)6-4-5-12(3)14/h7-9,12,14H,4-6H2,1-3H3. The zero-order valence-corrected chi connectivity index (χ0v) is 9.38. The second-order valence-electron chi connectivity index (χ2n) is 4.24. The maximum absolute atomic E-state index is 9.14. The Balaban J connectivity index is 2.50. The van der Waals surface area contributed by atoms with Gasteiger partial charge in [-0.25, -0.2) is 0 Å². The number of hydrogen-bond donors (Lipinski definition) is 1. The van der Waals surface area contributed by atoms with E-state index >= 15 is 0 Å². The molecule has 0 aliphatic heterocycles. The Bertz CT molecular complexity index is 269. The third-order valence-electron chi connectivity index (χ3n) is 2.37. The molecule has 0 saturated carbocycles. The summed E-state index contributed by atoms with van der Waals surface area (Å²) in [6.45, 7) is 6.11. The van der Waals surface area contributed by atoms with Crippen molar-refractivity contribution < 1.29 is 5.11 Å². The molecule has 1 heteroatoms. The Morgan fingerprint density at radius 2 is 1.71 bits per heavy atom. The number of aliphatic hydroxyl groups excluding tert-OH is 1. The maximum atomic E-state index is 9.14. The van der Waals surface area contributed by atoms with Gasteiger partial charge in [0.05, 0.1) is 6.10 Å². The number of aryl methyl sites for hydroxylation is 3. The van der Waals surface area contributed by atoms with Gasteiger partial charge >= 0.3 is 0 Å². The van der Waals surface area contributed by atoms with Crippen molar-refractivity contribution in [2.75, 3.05) is 0 Å². The van der Waals surface area contributed by atoms with Crippen LogP contribution < -0.4 is 0 Å². The lowest BCUT2D eigenvalue weighted by Crippen LogP contribution is -2.00. The van der Waals surface area contributed by atoms with Crippen molar-refractivity contribution in [1.29, 1.82) is 0 Å². The lowest BCUT2D eigenvalue weighted by Gasteiger charge is -2.06. The Labute approximate surface area is 86.8 Å².